The molecule has 8 heteroatoms. The molecular formula is C12H20N4O3S. The van der Waals surface area contributed by atoms with Gasteiger partial charge in [0.05, 0.1) is 6.33 Å². The number of rotatable bonds is 8. The van der Waals surface area contributed by atoms with Crippen LogP contribution in [0.25, 0.3) is 0 Å². The fourth-order valence-corrected chi connectivity index (χ4v) is 2.20. The lowest BCUT2D eigenvalue weighted by molar-refractivity contribution is -0.139. The van der Waals surface area contributed by atoms with Crippen LogP contribution in [0.3, 0.4) is 0 Å². The number of urea groups is 1. The van der Waals surface area contributed by atoms with Gasteiger partial charge in [-0.1, -0.05) is 0 Å². The van der Waals surface area contributed by atoms with Gasteiger partial charge >= 0.3 is 12.0 Å². The first kappa shape index (κ1) is 16.4. The van der Waals surface area contributed by atoms with Crippen molar-refractivity contribution in [2.75, 3.05) is 12.0 Å². The predicted molar refractivity (Wildman–Crippen MR) is 77.8 cm³/mol. The van der Waals surface area contributed by atoms with Crippen LogP contribution < -0.4 is 10.6 Å². The Balaban J connectivity index is 2.45. The van der Waals surface area contributed by atoms with Crippen molar-refractivity contribution in [1.29, 1.82) is 0 Å². The smallest absolute Gasteiger partial charge is 0.326 e. The van der Waals surface area contributed by atoms with Gasteiger partial charge in [0.25, 0.3) is 0 Å². The van der Waals surface area contributed by atoms with Crippen molar-refractivity contribution >= 4 is 23.8 Å². The summed E-state index contributed by atoms with van der Waals surface area (Å²) in [5, 5.41) is 14.3. The van der Waals surface area contributed by atoms with Crippen LogP contribution in [0.1, 0.15) is 19.0 Å². The van der Waals surface area contributed by atoms with Crippen LogP contribution in [0.5, 0.6) is 0 Å². The molecular weight excluding hydrogens is 280 g/mol. The highest BCUT2D eigenvalue weighted by Gasteiger charge is 2.21. The van der Waals surface area contributed by atoms with E-state index in [4.69, 9.17) is 5.11 Å². The fourth-order valence-electron chi connectivity index (χ4n) is 1.61. The van der Waals surface area contributed by atoms with Gasteiger partial charge in [-0.25, -0.2) is 14.6 Å². The number of nitrogens with zero attached hydrogens (tertiary/aromatic N) is 1. The summed E-state index contributed by atoms with van der Waals surface area (Å²) >= 11 is 1.70. The largest absolute Gasteiger partial charge is 0.480 e. The number of aliphatic carboxylic acids is 1. The zero-order chi connectivity index (χ0) is 15.0. The first-order chi connectivity index (χ1) is 9.52. The van der Waals surface area contributed by atoms with Crippen LogP contribution in [-0.4, -0.2) is 51.2 Å². The van der Waals surface area contributed by atoms with Gasteiger partial charge in [0, 0.05) is 24.4 Å². The van der Waals surface area contributed by atoms with Gasteiger partial charge in [-0.3, -0.25) is 0 Å². The van der Waals surface area contributed by atoms with Crippen LogP contribution in [-0.2, 0) is 11.2 Å². The Bertz CT molecular complexity index is 424. The number of carbonyl (C=O) groups is 2. The maximum absolute atomic E-state index is 11.7. The summed E-state index contributed by atoms with van der Waals surface area (Å²) in [4.78, 5) is 29.5. The molecule has 2 amide bonds. The highest BCUT2D eigenvalue weighted by Crippen LogP contribution is 2.01. The van der Waals surface area contributed by atoms with E-state index in [9.17, 15) is 9.59 Å². The Morgan fingerprint density at radius 1 is 1.50 bits per heavy atom. The minimum Gasteiger partial charge on any atom is -0.480 e. The zero-order valence-electron chi connectivity index (χ0n) is 11.5. The van der Waals surface area contributed by atoms with E-state index in [1.54, 1.807) is 11.8 Å². The number of aromatic nitrogens is 2. The highest BCUT2D eigenvalue weighted by atomic mass is 32.2. The molecule has 0 aliphatic heterocycles. The molecule has 4 N–H and O–H groups in total. The number of thioether (sulfide) groups is 1. The van der Waals surface area contributed by atoms with Crippen molar-refractivity contribution < 1.29 is 14.7 Å². The van der Waals surface area contributed by atoms with Crippen LogP contribution in [0.15, 0.2) is 12.5 Å². The molecule has 0 aromatic carbocycles. The molecule has 0 fully saturated rings. The molecule has 112 valence electrons. The first-order valence-electron chi connectivity index (χ1n) is 6.29. The summed E-state index contributed by atoms with van der Waals surface area (Å²) in [5.74, 6) is -0.135. The molecule has 0 saturated heterocycles. The number of hydrogen-bond donors (Lipinski definition) is 4. The fraction of sp³-hybridized carbons (Fsp3) is 0.583. The summed E-state index contributed by atoms with van der Waals surface area (Å²) < 4.78 is 0. The van der Waals surface area contributed by atoms with Gasteiger partial charge in [-0.2, -0.15) is 11.8 Å². The van der Waals surface area contributed by atoms with Crippen molar-refractivity contribution in [2.45, 2.75) is 31.8 Å². The maximum Gasteiger partial charge on any atom is 0.326 e. The monoisotopic (exact) mass is 300 g/mol. The topological polar surface area (TPSA) is 107 Å². The number of aromatic amines is 1. The number of carboxylic acid groups (broad SMARTS) is 1. The molecule has 2 atom stereocenters. The second-order valence-corrected chi connectivity index (χ2v) is 5.46. The van der Waals surface area contributed by atoms with Gasteiger partial charge in [0.1, 0.15) is 6.04 Å². The molecule has 1 aromatic rings. The van der Waals surface area contributed by atoms with E-state index in [1.807, 2.05) is 13.2 Å². The average molecular weight is 300 g/mol. The van der Waals surface area contributed by atoms with E-state index in [0.717, 1.165) is 12.2 Å². The molecule has 0 aliphatic carbocycles. The Morgan fingerprint density at radius 3 is 2.80 bits per heavy atom. The second-order valence-electron chi connectivity index (χ2n) is 4.47. The molecule has 1 heterocycles. The lowest BCUT2D eigenvalue weighted by atomic mass is 10.1. The van der Waals surface area contributed by atoms with E-state index in [-0.39, 0.29) is 12.5 Å². The Labute approximate surface area is 121 Å². The van der Waals surface area contributed by atoms with Crippen LogP contribution in [0.4, 0.5) is 4.79 Å². The SMILES string of the molecule is CSCCC(C)NC(=O)NC(Cc1cnc[nH]1)C(=O)O. The predicted octanol–water partition coefficient (Wildman–Crippen LogP) is 0.846. The second kappa shape index (κ2) is 8.47. The van der Waals surface area contributed by atoms with Gasteiger partial charge in [0.2, 0.25) is 0 Å². The summed E-state index contributed by atoms with van der Waals surface area (Å²) in [6.07, 6.45) is 6.02. The van der Waals surface area contributed by atoms with E-state index in [0.29, 0.717) is 5.69 Å². The standard InChI is InChI=1S/C12H20N4O3S/c1-8(3-4-20-2)15-12(19)16-10(11(17)18)5-9-6-13-7-14-9/h6-8,10H,3-5H2,1-2H3,(H,13,14)(H,17,18)(H2,15,16,19). The summed E-state index contributed by atoms with van der Waals surface area (Å²) in [7, 11) is 0. The number of amides is 2. The molecule has 2 unspecified atom stereocenters. The Morgan fingerprint density at radius 2 is 2.25 bits per heavy atom. The van der Waals surface area contributed by atoms with Crippen molar-refractivity contribution in [1.82, 2.24) is 20.6 Å². The van der Waals surface area contributed by atoms with Crippen molar-refractivity contribution in [3.63, 3.8) is 0 Å². The molecule has 7 nitrogen and oxygen atoms in total. The number of hydrogen-bond acceptors (Lipinski definition) is 4. The molecule has 0 bridgehead atoms. The lowest BCUT2D eigenvalue weighted by Crippen LogP contribution is -2.49. The summed E-state index contributed by atoms with van der Waals surface area (Å²) in [5.41, 5.74) is 0.660. The summed E-state index contributed by atoms with van der Waals surface area (Å²) in [6, 6.07) is -1.45. The molecule has 1 rings (SSSR count). The van der Waals surface area contributed by atoms with Crippen LogP contribution in [0, 0.1) is 0 Å². The molecule has 0 aliphatic rings. The van der Waals surface area contributed by atoms with Crippen molar-refractivity contribution in [3.05, 3.63) is 18.2 Å². The van der Waals surface area contributed by atoms with Gasteiger partial charge in [0.15, 0.2) is 0 Å². The quantitative estimate of drug-likeness (QED) is 0.569. The van der Waals surface area contributed by atoms with Gasteiger partial charge < -0.3 is 20.7 Å². The zero-order valence-corrected chi connectivity index (χ0v) is 12.4. The normalized spacial score (nSPS) is 13.5. The lowest BCUT2D eigenvalue weighted by Gasteiger charge is -2.17. The van der Waals surface area contributed by atoms with Gasteiger partial charge in [-0.15, -0.1) is 0 Å². The highest BCUT2D eigenvalue weighted by molar-refractivity contribution is 7.98. The summed E-state index contributed by atoms with van der Waals surface area (Å²) in [6.45, 7) is 1.89. The van der Waals surface area contributed by atoms with Crippen LogP contribution >= 0.6 is 11.8 Å². The number of H-pyrrole nitrogens is 1. The van der Waals surface area contributed by atoms with Crippen LogP contribution in [0.2, 0.25) is 0 Å². The van der Waals surface area contributed by atoms with Gasteiger partial charge in [-0.05, 0) is 25.4 Å². The average Bonchev–Trinajstić information content (AvgIpc) is 2.88. The molecule has 0 radical (unpaired) electrons. The molecule has 1 aromatic heterocycles. The third kappa shape index (κ3) is 5.96. The Kier molecular flexibility index (Phi) is 6.92. The third-order valence-electron chi connectivity index (χ3n) is 2.71. The molecule has 20 heavy (non-hydrogen) atoms. The number of imidazole rings is 1. The van der Waals surface area contributed by atoms with E-state index >= 15 is 0 Å². The third-order valence-corrected chi connectivity index (χ3v) is 3.36. The van der Waals surface area contributed by atoms with Crippen molar-refractivity contribution in [3.8, 4) is 0 Å². The van der Waals surface area contributed by atoms with E-state index in [2.05, 4.69) is 20.6 Å². The van der Waals surface area contributed by atoms with Crippen molar-refractivity contribution in [2.24, 2.45) is 0 Å². The Hall–Kier alpha value is -1.70. The minimum absolute atomic E-state index is 0.00375. The molecule has 0 spiro atoms. The van der Waals surface area contributed by atoms with E-state index < -0.39 is 18.0 Å². The molecule has 0 saturated carbocycles. The van der Waals surface area contributed by atoms with E-state index in [1.165, 1.54) is 12.5 Å². The number of carboxylic acids is 1. The maximum atomic E-state index is 11.7. The number of nitrogens with one attached hydrogen (secondary N) is 3. The first-order valence-corrected chi connectivity index (χ1v) is 7.68. The number of carbonyl (C=O) groups excluding carboxylic acids is 1. The minimum atomic E-state index is -1.08.